The Morgan fingerprint density at radius 3 is 2.54 bits per heavy atom. The summed E-state index contributed by atoms with van der Waals surface area (Å²) >= 11 is 0. The Morgan fingerprint density at radius 1 is 1.23 bits per heavy atom. The lowest BCUT2D eigenvalue weighted by molar-refractivity contribution is 0.112. The molecule has 0 aliphatic rings. The van der Waals surface area contributed by atoms with Crippen LogP contribution in [-0.2, 0) is 13.0 Å². The average molecular weight is 180 g/mol. The van der Waals surface area contributed by atoms with Crippen molar-refractivity contribution in [3.05, 3.63) is 34.9 Å². The molecule has 3 heteroatoms. The second kappa shape index (κ2) is 4.74. The lowest BCUT2D eigenvalue weighted by Gasteiger charge is -2.05. The minimum Gasteiger partial charge on any atom is -0.396 e. The molecule has 0 heterocycles. The first-order chi connectivity index (χ1) is 6.31. The first-order valence-corrected chi connectivity index (χ1v) is 4.10. The number of aldehydes is 1. The molecule has 1 aromatic carbocycles. The van der Waals surface area contributed by atoms with E-state index in [1.54, 1.807) is 18.2 Å². The summed E-state index contributed by atoms with van der Waals surface area (Å²) in [6, 6.07) is 5.07. The zero-order chi connectivity index (χ0) is 9.68. The smallest absolute Gasteiger partial charge is 0.150 e. The quantitative estimate of drug-likeness (QED) is 0.664. The largest absolute Gasteiger partial charge is 0.396 e. The van der Waals surface area contributed by atoms with Crippen LogP contribution in [0.25, 0.3) is 0 Å². The number of aliphatic hydroxyl groups is 2. The molecular formula is C10H12O3. The van der Waals surface area contributed by atoms with E-state index in [1.165, 1.54) is 0 Å². The molecule has 2 N–H and O–H groups in total. The minimum atomic E-state index is -0.100. The summed E-state index contributed by atoms with van der Waals surface area (Å²) in [7, 11) is 0. The predicted molar refractivity (Wildman–Crippen MR) is 48.5 cm³/mol. The van der Waals surface area contributed by atoms with Crippen LogP contribution in [0.5, 0.6) is 0 Å². The van der Waals surface area contributed by atoms with Gasteiger partial charge in [-0.2, -0.15) is 0 Å². The van der Waals surface area contributed by atoms with E-state index in [1.807, 2.05) is 0 Å². The van der Waals surface area contributed by atoms with Crippen LogP contribution in [0.2, 0.25) is 0 Å². The van der Waals surface area contributed by atoms with Crippen LogP contribution in [0, 0.1) is 0 Å². The van der Waals surface area contributed by atoms with Gasteiger partial charge in [0, 0.05) is 12.2 Å². The van der Waals surface area contributed by atoms with Gasteiger partial charge < -0.3 is 10.2 Å². The van der Waals surface area contributed by atoms with Gasteiger partial charge >= 0.3 is 0 Å². The Balaban J connectivity index is 3.00. The molecular weight excluding hydrogens is 168 g/mol. The molecule has 1 aromatic rings. The molecule has 0 atom stereocenters. The summed E-state index contributed by atoms with van der Waals surface area (Å²) in [5.41, 5.74) is 2.14. The maximum atomic E-state index is 10.4. The van der Waals surface area contributed by atoms with E-state index in [2.05, 4.69) is 0 Å². The molecule has 70 valence electrons. The Hall–Kier alpha value is -1.19. The molecule has 0 bridgehead atoms. The summed E-state index contributed by atoms with van der Waals surface area (Å²) in [6.45, 7) is -0.0511. The first kappa shape index (κ1) is 9.89. The van der Waals surface area contributed by atoms with Gasteiger partial charge in [0.1, 0.15) is 6.29 Å². The summed E-state index contributed by atoms with van der Waals surface area (Å²) in [6.07, 6.45) is 1.25. The van der Waals surface area contributed by atoms with Crippen molar-refractivity contribution in [2.75, 3.05) is 6.61 Å². The highest BCUT2D eigenvalue weighted by Gasteiger charge is 2.01. The zero-order valence-electron chi connectivity index (χ0n) is 7.23. The zero-order valence-corrected chi connectivity index (χ0v) is 7.23. The van der Waals surface area contributed by atoms with E-state index in [-0.39, 0.29) is 13.2 Å². The van der Waals surface area contributed by atoms with Crippen LogP contribution in [-0.4, -0.2) is 23.1 Å². The molecule has 0 radical (unpaired) electrons. The lowest BCUT2D eigenvalue weighted by Crippen LogP contribution is -1.98. The summed E-state index contributed by atoms with van der Waals surface area (Å²) in [5, 5.41) is 17.7. The SMILES string of the molecule is O=Cc1ccc(CCO)c(CO)c1. The third-order valence-electron chi connectivity index (χ3n) is 1.92. The van der Waals surface area contributed by atoms with Gasteiger partial charge in [-0.1, -0.05) is 12.1 Å². The van der Waals surface area contributed by atoms with Crippen LogP contribution >= 0.6 is 0 Å². The van der Waals surface area contributed by atoms with Crippen molar-refractivity contribution in [1.29, 1.82) is 0 Å². The molecule has 0 saturated carbocycles. The molecule has 0 saturated heterocycles. The number of hydrogen-bond acceptors (Lipinski definition) is 3. The molecule has 0 fully saturated rings. The Morgan fingerprint density at radius 2 is 2.00 bits per heavy atom. The molecule has 0 aromatic heterocycles. The summed E-state index contributed by atoms with van der Waals surface area (Å²) < 4.78 is 0. The van der Waals surface area contributed by atoms with Gasteiger partial charge in [-0.05, 0) is 23.6 Å². The van der Waals surface area contributed by atoms with Crippen LogP contribution in [0.1, 0.15) is 21.5 Å². The third kappa shape index (κ3) is 2.37. The standard InChI is InChI=1S/C10H12O3/c11-4-3-9-2-1-8(6-12)5-10(9)7-13/h1-2,5-6,11,13H,3-4,7H2. The Kier molecular flexibility index (Phi) is 3.61. The first-order valence-electron chi connectivity index (χ1n) is 4.10. The number of rotatable bonds is 4. The second-order valence-corrected chi connectivity index (χ2v) is 2.78. The van der Waals surface area contributed by atoms with Crippen LogP contribution in [0.3, 0.4) is 0 Å². The van der Waals surface area contributed by atoms with E-state index in [9.17, 15) is 4.79 Å². The van der Waals surface area contributed by atoms with Gasteiger partial charge in [-0.3, -0.25) is 4.79 Å². The summed E-state index contributed by atoms with van der Waals surface area (Å²) in [5.74, 6) is 0. The minimum absolute atomic E-state index is 0.0490. The van der Waals surface area contributed by atoms with Crippen molar-refractivity contribution in [1.82, 2.24) is 0 Å². The van der Waals surface area contributed by atoms with Crippen molar-refractivity contribution in [2.45, 2.75) is 13.0 Å². The maximum absolute atomic E-state index is 10.4. The molecule has 0 spiro atoms. The van der Waals surface area contributed by atoms with Crippen molar-refractivity contribution >= 4 is 6.29 Å². The highest BCUT2D eigenvalue weighted by atomic mass is 16.3. The molecule has 0 aliphatic heterocycles. The van der Waals surface area contributed by atoms with E-state index >= 15 is 0 Å². The lowest BCUT2D eigenvalue weighted by atomic mass is 10.0. The molecule has 0 aliphatic carbocycles. The van der Waals surface area contributed by atoms with Crippen LogP contribution in [0.4, 0.5) is 0 Å². The van der Waals surface area contributed by atoms with Crippen molar-refractivity contribution < 1.29 is 15.0 Å². The third-order valence-corrected chi connectivity index (χ3v) is 1.92. The fraction of sp³-hybridized carbons (Fsp3) is 0.300. The normalized spacial score (nSPS) is 10.0. The number of aliphatic hydroxyl groups excluding tert-OH is 2. The van der Waals surface area contributed by atoms with E-state index in [4.69, 9.17) is 10.2 Å². The molecule has 0 unspecified atom stereocenters. The van der Waals surface area contributed by atoms with E-state index in [0.29, 0.717) is 17.5 Å². The van der Waals surface area contributed by atoms with Crippen molar-refractivity contribution in [2.24, 2.45) is 0 Å². The fourth-order valence-corrected chi connectivity index (χ4v) is 1.23. The van der Waals surface area contributed by atoms with Gasteiger partial charge in [0.25, 0.3) is 0 Å². The van der Waals surface area contributed by atoms with Gasteiger partial charge in [-0.15, -0.1) is 0 Å². The van der Waals surface area contributed by atoms with E-state index < -0.39 is 0 Å². The van der Waals surface area contributed by atoms with Gasteiger partial charge in [0.05, 0.1) is 6.61 Å². The van der Waals surface area contributed by atoms with Gasteiger partial charge in [0.2, 0.25) is 0 Å². The van der Waals surface area contributed by atoms with Gasteiger partial charge in [0.15, 0.2) is 0 Å². The number of benzene rings is 1. The maximum Gasteiger partial charge on any atom is 0.150 e. The summed E-state index contributed by atoms with van der Waals surface area (Å²) in [4.78, 5) is 10.4. The van der Waals surface area contributed by atoms with Crippen LogP contribution < -0.4 is 0 Å². The van der Waals surface area contributed by atoms with E-state index in [0.717, 1.165) is 11.8 Å². The number of carbonyl (C=O) groups is 1. The number of carbonyl (C=O) groups excluding carboxylic acids is 1. The Labute approximate surface area is 76.6 Å². The van der Waals surface area contributed by atoms with Crippen molar-refractivity contribution in [3.63, 3.8) is 0 Å². The van der Waals surface area contributed by atoms with Gasteiger partial charge in [-0.25, -0.2) is 0 Å². The monoisotopic (exact) mass is 180 g/mol. The molecule has 1 rings (SSSR count). The fourth-order valence-electron chi connectivity index (χ4n) is 1.23. The number of hydrogen-bond donors (Lipinski definition) is 2. The topological polar surface area (TPSA) is 57.5 Å². The molecule has 13 heavy (non-hydrogen) atoms. The second-order valence-electron chi connectivity index (χ2n) is 2.78. The Bertz CT molecular complexity index is 294. The molecule has 3 nitrogen and oxygen atoms in total. The highest BCUT2D eigenvalue weighted by molar-refractivity contribution is 5.75. The van der Waals surface area contributed by atoms with Crippen molar-refractivity contribution in [3.8, 4) is 0 Å². The molecule has 0 amide bonds. The highest BCUT2D eigenvalue weighted by Crippen LogP contribution is 2.11. The average Bonchev–Trinajstić information content (AvgIpc) is 2.19. The predicted octanol–water partition coefficient (Wildman–Crippen LogP) is 0.526. The van der Waals surface area contributed by atoms with Crippen LogP contribution in [0.15, 0.2) is 18.2 Å².